The first kappa shape index (κ1) is 20.3. The number of aromatic amines is 1. The van der Waals surface area contributed by atoms with Gasteiger partial charge in [-0.3, -0.25) is 9.59 Å². The summed E-state index contributed by atoms with van der Waals surface area (Å²) in [4.78, 5) is 28.3. The fraction of sp³-hybridized carbons (Fsp3) is 0.160. The molecule has 0 atom stereocenters. The van der Waals surface area contributed by atoms with Crippen molar-refractivity contribution in [3.63, 3.8) is 0 Å². The number of carbonyl (C=O) groups excluding carboxylic acids is 1. The molecule has 0 aliphatic rings. The van der Waals surface area contributed by atoms with Crippen LogP contribution in [0.3, 0.4) is 0 Å². The van der Waals surface area contributed by atoms with Gasteiger partial charge in [0.15, 0.2) is 0 Å². The van der Waals surface area contributed by atoms with Crippen LogP contribution in [-0.2, 0) is 6.54 Å². The second-order valence-corrected chi connectivity index (χ2v) is 7.68. The molecular weight excluding hydrogens is 388 g/mol. The van der Waals surface area contributed by atoms with Crippen LogP contribution in [0.1, 0.15) is 27.0 Å². The van der Waals surface area contributed by atoms with E-state index in [4.69, 9.17) is 5.10 Å². The van der Waals surface area contributed by atoms with Gasteiger partial charge in [-0.25, -0.2) is 4.68 Å². The Kier molecular flexibility index (Phi) is 5.54. The molecule has 0 aliphatic carbocycles. The van der Waals surface area contributed by atoms with Gasteiger partial charge < -0.3 is 9.88 Å². The van der Waals surface area contributed by atoms with E-state index >= 15 is 0 Å². The van der Waals surface area contributed by atoms with Gasteiger partial charge in [-0.15, -0.1) is 0 Å². The van der Waals surface area contributed by atoms with Crippen LogP contribution in [0, 0.1) is 13.8 Å². The summed E-state index contributed by atoms with van der Waals surface area (Å²) in [5, 5.41) is 4.85. The van der Waals surface area contributed by atoms with Crippen molar-refractivity contribution in [1.82, 2.24) is 19.7 Å². The highest BCUT2D eigenvalue weighted by Crippen LogP contribution is 2.27. The summed E-state index contributed by atoms with van der Waals surface area (Å²) in [6.07, 6.45) is 3.41. The molecule has 0 spiro atoms. The van der Waals surface area contributed by atoms with Gasteiger partial charge in [0, 0.05) is 43.2 Å². The molecule has 0 fully saturated rings. The molecule has 31 heavy (non-hydrogen) atoms. The molecule has 2 aromatic heterocycles. The first-order valence-corrected chi connectivity index (χ1v) is 10.1. The van der Waals surface area contributed by atoms with Crippen LogP contribution in [-0.4, -0.2) is 32.6 Å². The highest BCUT2D eigenvalue weighted by atomic mass is 16.2. The van der Waals surface area contributed by atoms with E-state index in [-0.39, 0.29) is 11.5 Å². The number of benzene rings is 2. The molecular formula is C25H24N4O2. The van der Waals surface area contributed by atoms with E-state index in [1.54, 1.807) is 11.9 Å². The number of carbonyl (C=O) groups is 1. The molecule has 1 amide bonds. The van der Waals surface area contributed by atoms with E-state index in [9.17, 15) is 9.59 Å². The maximum atomic E-state index is 12.9. The molecule has 0 bridgehead atoms. The minimum absolute atomic E-state index is 0.172. The minimum Gasteiger partial charge on any atom is -0.337 e. The van der Waals surface area contributed by atoms with Crippen molar-refractivity contribution in [3.8, 4) is 16.9 Å². The predicted molar refractivity (Wildman–Crippen MR) is 121 cm³/mol. The summed E-state index contributed by atoms with van der Waals surface area (Å²) in [6, 6.07) is 19.1. The molecule has 0 unspecified atom stereocenters. The maximum Gasteiger partial charge on any atom is 0.255 e. The van der Waals surface area contributed by atoms with Gasteiger partial charge in [-0.05, 0) is 49.2 Å². The topological polar surface area (TPSA) is 71.0 Å². The molecule has 0 saturated carbocycles. The molecule has 4 aromatic rings. The van der Waals surface area contributed by atoms with Crippen molar-refractivity contribution < 1.29 is 4.79 Å². The number of nitrogens with one attached hydrogen (secondary N) is 1. The van der Waals surface area contributed by atoms with Gasteiger partial charge in [-0.2, -0.15) is 5.10 Å². The van der Waals surface area contributed by atoms with E-state index in [2.05, 4.69) is 37.0 Å². The van der Waals surface area contributed by atoms with Crippen LogP contribution < -0.4 is 5.56 Å². The smallest absolute Gasteiger partial charge is 0.255 e. The number of H-pyrrole nitrogens is 1. The predicted octanol–water partition coefficient (Wildman–Crippen LogP) is 4.12. The third-order valence-corrected chi connectivity index (χ3v) is 5.38. The van der Waals surface area contributed by atoms with Crippen LogP contribution in [0.5, 0.6) is 0 Å². The zero-order chi connectivity index (χ0) is 22.0. The Morgan fingerprint density at radius 1 is 1.03 bits per heavy atom. The molecule has 4 rings (SSSR count). The minimum atomic E-state index is -0.236. The van der Waals surface area contributed by atoms with Crippen molar-refractivity contribution in [2.24, 2.45) is 0 Å². The second-order valence-electron chi connectivity index (χ2n) is 7.68. The van der Waals surface area contributed by atoms with Gasteiger partial charge in [0.2, 0.25) is 5.56 Å². The van der Waals surface area contributed by atoms with Crippen LogP contribution in [0.4, 0.5) is 0 Å². The van der Waals surface area contributed by atoms with E-state index in [1.165, 1.54) is 29.5 Å². The summed E-state index contributed by atoms with van der Waals surface area (Å²) < 4.78 is 1.85. The summed E-state index contributed by atoms with van der Waals surface area (Å²) in [6.45, 7) is 4.55. The molecule has 2 aromatic carbocycles. The number of hydrogen-bond donors (Lipinski definition) is 1. The number of hydrogen-bond acceptors (Lipinski definition) is 3. The monoisotopic (exact) mass is 412 g/mol. The molecule has 0 aliphatic heterocycles. The number of aryl methyl sites for hydroxylation is 2. The van der Waals surface area contributed by atoms with Crippen LogP contribution in [0.25, 0.3) is 16.9 Å². The lowest BCUT2D eigenvalue weighted by molar-refractivity contribution is 0.0785. The molecule has 6 nitrogen and oxygen atoms in total. The molecule has 2 heterocycles. The molecule has 0 radical (unpaired) electrons. The average molecular weight is 412 g/mol. The van der Waals surface area contributed by atoms with Crippen molar-refractivity contribution in [1.29, 1.82) is 0 Å². The van der Waals surface area contributed by atoms with E-state index in [0.717, 1.165) is 22.5 Å². The van der Waals surface area contributed by atoms with Crippen LogP contribution in [0.15, 0.2) is 77.9 Å². The Morgan fingerprint density at radius 2 is 1.81 bits per heavy atom. The zero-order valence-corrected chi connectivity index (χ0v) is 17.8. The first-order chi connectivity index (χ1) is 14.9. The Hall–Kier alpha value is -3.93. The van der Waals surface area contributed by atoms with E-state index in [0.29, 0.717) is 12.1 Å². The molecule has 156 valence electrons. The quantitative estimate of drug-likeness (QED) is 0.536. The third-order valence-electron chi connectivity index (χ3n) is 5.38. The van der Waals surface area contributed by atoms with Gasteiger partial charge >= 0.3 is 0 Å². The normalized spacial score (nSPS) is 10.8. The van der Waals surface area contributed by atoms with Gasteiger partial charge in [0.25, 0.3) is 5.91 Å². The van der Waals surface area contributed by atoms with E-state index < -0.39 is 0 Å². The summed E-state index contributed by atoms with van der Waals surface area (Å²) >= 11 is 0. The van der Waals surface area contributed by atoms with Crippen molar-refractivity contribution in [3.05, 3.63) is 106 Å². The Morgan fingerprint density at radius 3 is 2.48 bits per heavy atom. The number of nitrogens with zero attached hydrogens (tertiary/aromatic N) is 3. The highest BCUT2D eigenvalue weighted by molar-refractivity contribution is 5.93. The summed E-state index contributed by atoms with van der Waals surface area (Å²) in [7, 11) is 1.75. The number of aromatic nitrogens is 3. The Balaban J connectivity index is 1.71. The van der Waals surface area contributed by atoms with Crippen molar-refractivity contribution in [2.75, 3.05) is 7.05 Å². The average Bonchev–Trinajstić information content (AvgIpc) is 3.20. The number of para-hydroxylation sites is 1. The summed E-state index contributed by atoms with van der Waals surface area (Å²) in [5.74, 6) is -0.172. The van der Waals surface area contributed by atoms with Gasteiger partial charge in [-0.1, -0.05) is 30.3 Å². The fourth-order valence-corrected chi connectivity index (χ4v) is 3.46. The SMILES string of the molecule is Cc1ccc(-c2nn(-c3ccccc3)cc2CN(C)C(=O)c2ccc(=O)[nH]c2)cc1C. The van der Waals surface area contributed by atoms with Crippen molar-refractivity contribution >= 4 is 5.91 Å². The number of pyridine rings is 1. The fourth-order valence-electron chi connectivity index (χ4n) is 3.46. The lowest BCUT2D eigenvalue weighted by Crippen LogP contribution is -2.27. The molecule has 1 N–H and O–H groups in total. The third kappa shape index (κ3) is 4.33. The lowest BCUT2D eigenvalue weighted by Gasteiger charge is -2.17. The molecule has 6 heteroatoms. The standard InChI is InChI=1S/C25H24N4O2/c1-17-9-10-19(13-18(17)2)24-21(16-29(27-24)22-7-5-4-6-8-22)15-28(3)25(31)20-11-12-23(30)26-14-20/h4-14,16H,15H2,1-3H3,(H,26,30). The molecule has 0 saturated heterocycles. The highest BCUT2D eigenvalue weighted by Gasteiger charge is 2.18. The van der Waals surface area contributed by atoms with Gasteiger partial charge in [0.1, 0.15) is 0 Å². The summed E-state index contributed by atoms with van der Waals surface area (Å²) in [5.41, 5.74) is 6.35. The number of rotatable bonds is 5. The second kappa shape index (κ2) is 8.44. The zero-order valence-electron chi connectivity index (χ0n) is 17.8. The first-order valence-electron chi connectivity index (χ1n) is 10.1. The van der Waals surface area contributed by atoms with Crippen LogP contribution >= 0.6 is 0 Å². The maximum absolute atomic E-state index is 12.9. The number of amides is 1. The van der Waals surface area contributed by atoms with Gasteiger partial charge in [0.05, 0.1) is 16.9 Å². The Bertz CT molecular complexity index is 1270. The van der Waals surface area contributed by atoms with E-state index in [1.807, 2.05) is 41.2 Å². The van der Waals surface area contributed by atoms with Crippen LogP contribution in [0.2, 0.25) is 0 Å². The van der Waals surface area contributed by atoms with Crippen molar-refractivity contribution in [2.45, 2.75) is 20.4 Å². The Labute approximate surface area is 180 Å². The largest absolute Gasteiger partial charge is 0.337 e. The lowest BCUT2D eigenvalue weighted by atomic mass is 10.0.